The van der Waals surface area contributed by atoms with Crippen molar-refractivity contribution in [1.29, 1.82) is 0 Å². The summed E-state index contributed by atoms with van der Waals surface area (Å²) in [6.45, 7) is 0.820. The third kappa shape index (κ3) is 5.47. The lowest BCUT2D eigenvalue weighted by molar-refractivity contribution is -0.135. The maximum Gasteiger partial charge on any atom is 0.322 e. The molecule has 1 heterocycles. The quantitative estimate of drug-likeness (QED) is 0.710. The lowest BCUT2D eigenvalue weighted by Gasteiger charge is -2.04. The van der Waals surface area contributed by atoms with E-state index in [9.17, 15) is 4.79 Å². The summed E-state index contributed by atoms with van der Waals surface area (Å²) in [6.07, 6.45) is 4.33. The van der Waals surface area contributed by atoms with E-state index in [1.807, 2.05) is 0 Å². The maximum atomic E-state index is 10.2. The summed E-state index contributed by atoms with van der Waals surface area (Å²) in [7, 11) is 0. The molecular formula is C8H15ClN2O2. The minimum atomic E-state index is -0.832. The highest BCUT2D eigenvalue weighted by atomic mass is 35.5. The second-order valence-corrected chi connectivity index (χ2v) is 2.89. The average molecular weight is 207 g/mol. The Hall–Kier alpha value is -0.770. The standard InChI is InChI=1S/C8H14N2O2.ClH/c11-8(12)6-10-7-4-2-1-3-5-9-7;/h1-6H2,(H,9,10)(H,11,12);1H. The smallest absolute Gasteiger partial charge is 0.322 e. The minimum Gasteiger partial charge on any atom is -0.480 e. The molecule has 13 heavy (non-hydrogen) atoms. The van der Waals surface area contributed by atoms with Crippen molar-refractivity contribution in [2.24, 2.45) is 4.99 Å². The number of amidine groups is 1. The van der Waals surface area contributed by atoms with Gasteiger partial charge in [0, 0.05) is 13.0 Å². The second kappa shape index (κ2) is 6.71. The van der Waals surface area contributed by atoms with Crippen LogP contribution in [0.15, 0.2) is 4.99 Å². The molecule has 1 rings (SSSR count). The summed E-state index contributed by atoms with van der Waals surface area (Å²) < 4.78 is 0. The molecule has 1 aliphatic heterocycles. The molecule has 0 saturated carbocycles. The maximum absolute atomic E-state index is 10.2. The van der Waals surface area contributed by atoms with Gasteiger partial charge in [0.25, 0.3) is 0 Å². The summed E-state index contributed by atoms with van der Waals surface area (Å²) in [6, 6.07) is 0. The average Bonchev–Trinajstić information content (AvgIpc) is 2.28. The van der Waals surface area contributed by atoms with Gasteiger partial charge in [-0.25, -0.2) is 0 Å². The topological polar surface area (TPSA) is 61.7 Å². The first-order valence-corrected chi connectivity index (χ1v) is 4.28. The van der Waals surface area contributed by atoms with Crippen molar-refractivity contribution >= 4 is 24.2 Å². The minimum absolute atomic E-state index is 0. The van der Waals surface area contributed by atoms with Gasteiger partial charge in [0.15, 0.2) is 0 Å². The van der Waals surface area contributed by atoms with E-state index in [0.717, 1.165) is 31.6 Å². The van der Waals surface area contributed by atoms with Crippen molar-refractivity contribution in [1.82, 2.24) is 5.32 Å². The first-order valence-electron chi connectivity index (χ1n) is 4.28. The van der Waals surface area contributed by atoms with Crippen molar-refractivity contribution in [3.63, 3.8) is 0 Å². The van der Waals surface area contributed by atoms with Crippen LogP contribution < -0.4 is 5.32 Å². The van der Waals surface area contributed by atoms with Crippen LogP contribution in [0.1, 0.15) is 25.7 Å². The SMILES string of the molecule is Cl.O=C(O)CNC1=NCCCCC1. The third-order valence-electron chi connectivity index (χ3n) is 1.82. The van der Waals surface area contributed by atoms with Crippen molar-refractivity contribution in [2.45, 2.75) is 25.7 Å². The molecule has 2 N–H and O–H groups in total. The highest BCUT2D eigenvalue weighted by Crippen LogP contribution is 2.05. The Bertz CT molecular complexity index is 195. The van der Waals surface area contributed by atoms with Gasteiger partial charge in [-0.3, -0.25) is 9.79 Å². The number of aliphatic carboxylic acids is 1. The number of rotatable bonds is 2. The number of aliphatic imine (C=N–C) groups is 1. The number of nitrogens with zero attached hydrogens (tertiary/aromatic N) is 1. The van der Waals surface area contributed by atoms with Gasteiger partial charge in [0.05, 0.1) is 5.84 Å². The van der Waals surface area contributed by atoms with Gasteiger partial charge in [0.2, 0.25) is 0 Å². The van der Waals surface area contributed by atoms with Gasteiger partial charge in [-0.05, 0) is 12.8 Å². The molecule has 0 spiro atoms. The number of hydrogen-bond donors (Lipinski definition) is 2. The van der Waals surface area contributed by atoms with E-state index in [0.29, 0.717) is 0 Å². The third-order valence-corrected chi connectivity index (χ3v) is 1.82. The van der Waals surface area contributed by atoms with E-state index in [4.69, 9.17) is 5.11 Å². The summed E-state index contributed by atoms with van der Waals surface area (Å²) in [5, 5.41) is 11.2. The summed E-state index contributed by atoms with van der Waals surface area (Å²) in [5.74, 6) is 0.0249. The second-order valence-electron chi connectivity index (χ2n) is 2.89. The van der Waals surface area contributed by atoms with Gasteiger partial charge in [-0.15, -0.1) is 12.4 Å². The molecule has 0 aromatic heterocycles. The molecule has 0 amide bonds. The van der Waals surface area contributed by atoms with Gasteiger partial charge in [-0.1, -0.05) is 6.42 Å². The molecule has 0 unspecified atom stereocenters. The van der Waals surface area contributed by atoms with Crippen molar-refractivity contribution < 1.29 is 9.90 Å². The van der Waals surface area contributed by atoms with E-state index >= 15 is 0 Å². The van der Waals surface area contributed by atoms with Crippen LogP contribution in [0.25, 0.3) is 0 Å². The molecule has 0 fully saturated rings. The zero-order valence-corrected chi connectivity index (χ0v) is 8.27. The van der Waals surface area contributed by atoms with Crippen LogP contribution in [0.4, 0.5) is 0 Å². The molecule has 76 valence electrons. The zero-order valence-electron chi connectivity index (χ0n) is 7.45. The Morgan fingerprint density at radius 3 is 2.92 bits per heavy atom. The number of nitrogens with one attached hydrogen (secondary N) is 1. The molecular weight excluding hydrogens is 192 g/mol. The van der Waals surface area contributed by atoms with E-state index < -0.39 is 5.97 Å². The monoisotopic (exact) mass is 206 g/mol. The van der Waals surface area contributed by atoms with Crippen LogP contribution >= 0.6 is 12.4 Å². The fourth-order valence-corrected chi connectivity index (χ4v) is 1.20. The summed E-state index contributed by atoms with van der Waals surface area (Å²) >= 11 is 0. The van der Waals surface area contributed by atoms with Crippen molar-refractivity contribution in [2.75, 3.05) is 13.1 Å². The molecule has 0 aromatic rings. The van der Waals surface area contributed by atoms with Crippen molar-refractivity contribution in [3.8, 4) is 0 Å². The number of carboxylic acids is 1. The lowest BCUT2D eigenvalue weighted by Crippen LogP contribution is -2.29. The Labute approximate surface area is 83.8 Å². The lowest BCUT2D eigenvalue weighted by atomic mass is 10.2. The molecule has 0 radical (unpaired) electrons. The molecule has 5 heteroatoms. The van der Waals surface area contributed by atoms with E-state index in [1.165, 1.54) is 6.42 Å². The number of carbonyl (C=O) groups is 1. The Morgan fingerprint density at radius 2 is 2.23 bits per heavy atom. The Balaban J connectivity index is 0.00000144. The number of carboxylic acid groups (broad SMARTS) is 1. The number of hydrogen-bond acceptors (Lipinski definition) is 3. The summed E-state index contributed by atoms with van der Waals surface area (Å²) in [4.78, 5) is 14.4. The van der Waals surface area contributed by atoms with Crippen LogP contribution in [-0.4, -0.2) is 30.0 Å². The van der Waals surface area contributed by atoms with E-state index in [-0.39, 0.29) is 19.0 Å². The Morgan fingerprint density at radius 1 is 1.46 bits per heavy atom. The largest absolute Gasteiger partial charge is 0.480 e. The first kappa shape index (κ1) is 12.2. The highest BCUT2D eigenvalue weighted by Gasteiger charge is 2.04. The van der Waals surface area contributed by atoms with Crippen LogP contribution in [0.5, 0.6) is 0 Å². The highest BCUT2D eigenvalue weighted by molar-refractivity contribution is 5.85. The van der Waals surface area contributed by atoms with Crippen LogP contribution in [0.3, 0.4) is 0 Å². The van der Waals surface area contributed by atoms with Gasteiger partial charge in [0.1, 0.15) is 6.54 Å². The predicted molar refractivity (Wildman–Crippen MR) is 53.7 cm³/mol. The molecule has 0 saturated heterocycles. The Kier molecular flexibility index (Phi) is 6.32. The predicted octanol–water partition coefficient (Wildman–Crippen LogP) is 1.05. The normalized spacial score (nSPS) is 16.5. The van der Waals surface area contributed by atoms with E-state index in [2.05, 4.69) is 10.3 Å². The van der Waals surface area contributed by atoms with Crippen LogP contribution in [0, 0.1) is 0 Å². The zero-order chi connectivity index (χ0) is 8.81. The van der Waals surface area contributed by atoms with Crippen molar-refractivity contribution in [3.05, 3.63) is 0 Å². The van der Waals surface area contributed by atoms with Gasteiger partial charge in [-0.2, -0.15) is 0 Å². The van der Waals surface area contributed by atoms with Crippen LogP contribution in [-0.2, 0) is 4.79 Å². The van der Waals surface area contributed by atoms with E-state index in [1.54, 1.807) is 0 Å². The molecule has 0 aliphatic carbocycles. The molecule has 0 atom stereocenters. The number of halogens is 1. The molecule has 0 bridgehead atoms. The molecule has 1 aliphatic rings. The fraction of sp³-hybridized carbons (Fsp3) is 0.750. The fourth-order valence-electron chi connectivity index (χ4n) is 1.20. The first-order chi connectivity index (χ1) is 5.79. The van der Waals surface area contributed by atoms with Gasteiger partial charge >= 0.3 is 5.97 Å². The molecule has 4 nitrogen and oxygen atoms in total. The van der Waals surface area contributed by atoms with Crippen LogP contribution in [0.2, 0.25) is 0 Å². The molecule has 0 aromatic carbocycles. The van der Waals surface area contributed by atoms with Gasteiger partial charge < -0.3 is 10.4 Å². The summed E-state index contributed by atoms with van der Waals surface area (Å²) in [5.41, 5.74) is 0.